The van der Waals surface area contributed by atoms with Crippen LogP contribution in [-0.2, 0) is 4.74 Å². The highest BCUT2D eigenvalue weighted by atomic mass is 16.5. The maximum Gasteiger partial charge on any atom is 0.0952 e. The average molecular weight is 227 g/mol. The van der Waals surface area contributed by atoms with Crippen molar-refractivity contribution >= 4 is 0 Å². The van der Waals surface area contributed by atoms with Crippen LogP contribution in [0.2, 0.25) is 0 Å². The Kier molecular flexibility index (Phi) is 6.03. The minimum absolute atomic E-state index is 0.613. The van der Waals surface area contributed by atoms with Crippen molar-refractivity contribution in [1.29, 1.82) is 0 Å². The van der Waals surface area contributed by atoms with Gasteiger partial charge in [-0.25, -0.2) is 0 Å². The summed E-state index contributed by atoms with van der Waals surface area (Å²) >= 11 is 0. The Labute approximate surface area is 98.9 Å². The van der Waals surface area contributed by atoms with Crippen LogP contribution >= 0.6 is 0 Å². The third-order valence-corrected chi connectivity index (χ3v) is 3.18. The molecule has 0 aliphatic heterocycles. The number of aliphatic hydroxyl groups is 1. The van der Waals surface area contributed by atoms with E-state index in [9.17, 15) is 5.11 Å². The van der Waals surface area contributed by atoms with Gasteiger partial charge in [0.1, 0.15) is 0 Å². The summed E-state index contributed by atoms with van der Waals surface area (Å²) in [6.07, 6.45) is 8.14. The molecule has 1 atom stereocenters. The van der Waals surface area contributed by atoms with E-state index in [2.05, 4.69) is 11.4 Å². The first-order valence-corrected chi connectivity index (χ1v) is 6.28. The highest BCUT2D eigenvalue weighted by molar-refractivity contribution is 5.17. The van der Waals surface area contributed by atoms with Crippen molar-refractivity contribution in [3.8, 4) is 0 Å². The minimum Gasteiger partial charge on any atom is -0.384 e. The quantitative estimate of drug-likeness (QED) is 0.537. The number of ether oxygens (including phenoxy) is 1. The molecule has 1 aliphatic carbocycles. The SMILES string of the molecule is COCCNCC(C)(O)C1=CCCCCC1. The molecule has 0 aromatic heterocycles. The molecule has 1 rings (SSSR count). The lowest BCUT2D eigenvalue weighted by Crippen LogP contribution is -2.40. The van der Waals surface area contributed by atoms with Crippen molar-refractivity contribution < 1.29 is 9.84 Å². The van der Waals surface area contributed by atoms with Gasteiger partial charge in [-0.1, -0.05) is 12.5 Å². The molecule has 0 saturated carbocycles. The van der Waals surface area contributed by atoms with Crippen LogP contribution in [0.3, 0.4) is 0 Å². The first-order chi connectivity index (χ1) is 7.67. The van der Waals surface area contributed by atoms with Gasteiger partial charge in [0.2, 0.25) is 0 Å². The van der Waals surface area contributed by atoms with Crippen LogP contribution in [0, 0.1) is 0 Å². The zero-order chi connectivity index (χ0) is 11.9. The van der Waals surface area contributed by atoms with Gasteiger partial charge in [-0.05, 0) is 38.2 Å². The Morgan fingerprint density at radius 2 is 2.25 bits per heavy atom. The Morgan fingerprint density at radius 3 is 3.00 bits per heavy atom. The summed E-state index contributed by atoms with van der Waals surface area (Å²) in [5.74, 6) is 0. The number of allylic oxidation sites excluding steroid dienone is 1. The average Bonchev–Trinajstić information content (AvgIpc) is 2.53. The van der Waals surface area contributed by atoms with E-state index in [1.807, 2.05) is 6.92 Å². The van der Waals surface area contributed by atoms with E-state index in [0.29, 0.717) is 13.2 Å². The lowest BCUT2D eigenvalue weighted by atomic mass is 9.92. The molecule has 3 nitrogen and oxygen atoms in total. The van der Waals surface area contributed by atoms with E-state index < -0.39 is 5.60 Å². The zero-order valence-electron chi connectivity index (χ0n) is 10.6. The molecule has 0 heterocycles. The van der Waals surface area contributed by atoms with Crippen molar-refractivity contribution in [3.63, 3.8) is 0 Å². The summed E-state index contributed by atoms with van der Waals surface area (Å²) in [6.45, 7) is 4.00. The van der Waals surface area contributed by atoms with Gasteiger partial charge in [0.25, 0.3) is 0 Å². The Balaban J connectivity index is 2.38. The highest BCUT2D eigenvalue weighted by Crippen LogP contribution is 2.26. The van der Waals surface area contributed by atoms with E-state index in [-0.39, 0.29) is 0 Å². The molecule has 0 radical (unpaired) electrons. The van der Waals surface area contributed by atoms with E-state index in [4.69, 9.17) is 4.74 Å². The topological polar surface area (TPSA) is 41.5 Å². The summed E-state index contributed by atoms with van der Waals surface area (Å²) < 4.78 is 4.96. The number of methoxy groups -OCH3 is 1. The van der Waals surface area contributed by atoms with Crippen LogP contribution in [0.1, 0.15) is 39.0 Å². The fourth-order valence-corrected chi connectivity index (χ4v) is 2.12. The molecule has 3 heteroatoms. The normalized spacial score (nSPS) is 21.1. The fraction of sp³-hybridized carbons (Fsp3) is 0.846. The second kappa shape index (κ2) is 7.05. The Bertz CT molecular complexity index is 224. The van der Waals surface area contributed by atoms with Gasteiger partial charge in [0.05, 0.1) is 12.2 Å². The van der Waals surface area contributed by atoms with Crippen LogP contribution in [0.25, 0.3) is 0 Å². The zero-order valence-corrected chi connectivity index (χ0v) is 10.6. The molecular formula is C13H25NO2. The van der Waals surface area contributed by atoms with E-state index in [1.165, 1.54) is 24.8 Å². The maximum atomic E-state index is 10.4. The van der Waals surface area contributed by atoms with Crippen LogP contribution < -0.4 is 5.32 Å². The first-order valence-electron chi connectivity index (χ1n) is 6.28. The third-order valence-electron chi connectivity index (χ3n) is 3.18. The summed E-state index contributed by atoms with van der Waals surface area (Å²) in [4.78, 5) is 0. The van der Waals surface area contributed by atoms with Crippen molar-refractivity contribution in [2.45, 2.75) is 44.6 Å². The van der Waals surface area contributed by atoms with Crippen LogP contribution in [0.15, 0.2) is 11.6 Å². The monoisotopic (exact) mass is 227 g/mol. The predicted molar refractivity (Wildman–Crippen MR) is 66.5 cm³/mol. The summed E-state index contributed by atoms with van der Waals surface area (Å²) in [5, 5.41) is 13.6. The second-order valence-electron chi connectivity index (χ2n) is 4.77. The van der Waals surface area contributed by atoms with Gasteiger partial charge in [0.15, 0.2) is 0 Å². The van der Waals surface area contributed by atoms with Crippen LogP contribution in [0.4, 0.5) is 0 Å². The highest BCUT2D eigenvalue weighted by Gasteiger charge is 2.25. The van der Waals surface area contributed by atoms with Gasteiger partial charge >= 0.3 is 0 Å². The van der Waals surface area contributed by atoms with Gasteiger partial charge in [-0.15, -0.1) is 0 Å². The molecule has 0 saturated heterocycles. The lowest BCUT2D eigenvalue weighted by Gasteiger charge is -2.27. The molecule has 94 valence electrons. The standard InChI is InChI=1S/C13H25NO2/c1-13(15,11-14-9-10-16-2)12-7-5-3-4-6-8-12/h7,14-15H,3-6,8-11H2,1-2H3. The molecule has 16 heavy (non-hydrogen) atoms. The van der Waals surface area contributed by atoms with E-state index >= 15 is 0 Å². The summed E-state index contributed by atoms with van der Waals surface area (Å²) in [7, 11) is 1.69. The van der Waals surface area contributed by atoms with Crippen molar-refractivity contribution in [2.24, 2.45) is 0 Å². The number of rotatable bonds is 6. The molecule has 1 unspecified atom stereocenters. The summed E-state index contributed by atoms with van der Waals surface area (Å²) in [5.41, 5.74) is 0.507. The van der Waals surface area contributed by atoms with Crippen LogP contribution in [-0.4, -0.2) is 37.5 Å². The Hall–Kier alpha value is -0.380. The molecular weight excluding hydrogens is 202 g/mol. The molecule has 0 fully saturated rings. The van der Waals surface area contributed by atoms with Crippen molar-refractivity contribution in [1.82, 2.24) is 5.32 Å². The lowest BCUT2D eigenvalue weighted by molar-refractivity contribution is 0.0903. The number of nitrogens with one attached hydrogen (secondary N) is 1. The summed E-state index contributed by atoms with van der Waals surface area (Å²) in [6, 6.07) is 0. The minimum atomic E-state index is -0.696. The van der Waals surface area contributed by atoms with Gasteiger partial charge in [-0.3, -0.25) is 0 Å². The molecule has 0 bridgehead atoms. The molecule has 0 spiro atoms. The second-order valence-corrected chi connectivity index (χ2v) is 4.77. The largest absolute Gasteiger partial charge is 0.384 e. The van der Waals surface area contributed by atoms with Crippen LogP contribution in [0.5, 0.6) is 0 Å². The molecule has 1 aliphatic rings. The van der Waals surface area contributed by atoms with Crippen molar-refractivity contribution in [2.75, 3.05) is 26.8 Å². The number of hydrogen-bond donors (Lipinski definition) is 2. The van der Waals surface area contributed by atoms with Gasteiger partial charge in [0, 0.05) is 20.2 Å². The van der Waals surface area contributed by atoms with Crippen molar-refractivity contribution in [3.05, 3.63) is 11.6 Å². The van der Waals surface area contributed by atoms with E-state index in [1.54, 1.807) is 7.11 Å². The molecule has 0 aromatic carbocycles. The molecule has 2 N–H and O–H groups in total. The van der Waals surface area contributed by atoms with E-state index in [0.717, 1.165) is 19.4 Å². The predicted octanol–water partition coefficient (Wildman–Crippen LogP) is 1.86. The molecule has 0 aromatic rings. The third kappa shape index (κ3) is 4.64. The molecule has 0 amide bonds. The van der Waals surface area contributed by atoms with Gasteiger partial charge < -0.3 is 15.2 Å². The van der Waals surface area contributed by atoms with Gasteiger partial charge in [-0.2, -0.15) is 0 Å². The smallest absolute Gasteiger partial charge is 0.0952 e. The maximum absolute atomic E-state index is 10.4. The first kappa shape index (κ1) is 13.7. The Morgan fingerprint density at radius 1 is 1.44 bits per heavy atom. The fourth-order valence-electron chi connectivity index (χ4n) is 2.12. The number of hydrogen-bond acceptors (Lipinski definition) is 3.